The minimum atomic E-state index is -4.97. The van der Waals surface area contributed by atoms with Crippen molar-refractivity contribution in [2.75, 3.05) is 39.6 Å². The van der Waals surface area contributed by atoms with Gasteiger partial charge in [0.15, 0.2) is 12.2 Å². The van der Waals surface area contributed by atoms with E-state index in [1.54, 1.807) is 0 Å². The average molecular weight is 1460 g/mol. The molecule has 0 heterocycles. The number of hydrogen-bond donors (Lipinski definition) is 3. The van der Waals surface area contributed by atoms with E-state index in [1.807, 2.05) is 0 Å². The molecule has 0 rings (SSSR count). The Labute approximate surface area is 611 Å². The molecule has 588 valence electrons. The van der Waals surface area contributed by atoms with E-state index >= 15 is 0 Å². The fraction of sp³-hybridized carbons (Fsp3) is 0.877. The molecule has 19 heteroatoms. The fourth-order valence-electron chi connectivity index (χ4n) is 11.8. The number of phosphoric ester groups is 2. The highest BCUT2D eigenvalue weighted by atomic mass is 31.2. The molecule has 0 aliphatic carbocycles. The molecule has 0 aromatic rings. The summed E-state index contributed by atoms with van der Waals surface area (Å²) in [6.07, 6.45) is 71.1. The van der Waals surface area contributed by atoms with E-state index in [0.29, 0.717) is 25.7 Å². The summed E-state index contributed by atoms with van der Waals surface area (Å²) in [5.41, 5.74) is 0. The molecule has 0 aliphatic rings. The van der Waals surface area contributed by atoms with Crippen LogP contribution >= 0.6 is 15.6 Å². The Morgan fingerprint density at radius 1 is 0.280 bits per heavy atom. The molecule has 0 saturated carbocycles. The molecule has 17 nitrogen and oxygen atoms in total. The number of ether oxygens (including phenoxy) is 4. The van der Waals surface area contributed by atoms with Gasteiger partial charge in [0.2, 0.25) is 0 Å². The predicted octanol–water partition coefficient (Wildman–Crippen LogP) is 23.9. The topological polar surface area (TPSA) is 237 Å². The smallest absolute Gasteiger partial charge is 0.462 e. The molecule has 0 bridgehead atoms. The summed E-state index contributed by atoms with van der Waals surface area (Å²) in [6, 6.07) is 0. The van der Waals surface area contributed by atoms with Crippen molar-refractivity contribution in [2.45, 2.75) is 418 Å². The summed E-state index contributed by atoms with van der Waals surface area (Å²) in [6.45, 7) is 4.93. The minimum absolute atomic E-state index is 0.0930. The zero-order chi connectivity index (χ0) is 73.2. The average Bonchev–Trinajstić information content (AvgIpc) is 0.937. The first-order chi connectivity index (χ1) is 48.7. The maximum absolute atomic E-state index is 13.1. The zero-order valence-electron chi connectivity index (χ0n) is 64.4. The molecule has 0 radical (unpaired) electrons. The second-order valence-corrected chi connectivity index (χ2v) is 31.0. The summed E-state index contributed by atoms with van der Waals surface area (Å²) in [5.74, 6) is -2.15. The molecule has 0 aromatic heterocycles. The van der Waals surface area contributed by atoms with Crippen molar-refractivity contribution in [3.8, 4) is 0 Å². The molecule has 0 amide bonds. The predicted molar refractivity (Wildman–Crippen MR) is 409 cm³/mol. The van der Waals surface area contributed by atoms with Crippen LogP contribution in [0.3, 0.4) is 0 Å². The highest BCUT2D eigenvalue weighted by Gasteiger charge is 2.30. The van der Waals surface area contributed by atoms with Crippen molar-refractivity contribution in [3.05, 3.63) is 36.5 Å². The number of phosphoric acid groups is 2. The van der Waals surface area contributed by atoms with Crippen LogP contribution in [0, 0.1) is 0 Å². The highest BCUT2D eigenvalue weighted by molar-refractivity contribution is 7.47. The van der Waals surface area contributed by atoms with Crippen molar-refractivity contribution < 1.29 is 80.2 Å². The lowest BCUT2D eigenvalue weighted by Gasteiger charge is -2.21. The van der Waals surface area contributed by atoms with E-state index in [9.17, 15) is 43.2 Å². The first-order valence-electron chi connectivity index (χ1n) is 41.2. The van der Waals surface area contributed by atoms with Gasteiger partial charge in [-0.15, -0.1) is 0 Å². The van der Waals surface area contributed by atoms with Crippen LogP contribution in [-0.4, -0.2) is 96.7 Å². The van der Waals surface area contributed by atoms with Gasteiger partial charge in [-0.25, -0.2) is 9.13 Å². The summed E-state index contributed by atoms with van der Waals surface area (Å²) < 4.78 is 68.7. The lowest BCUT2D eigenvalue weighted by Crippen LogP contribution is -2.30. The Balaban J connectivity index is 5.30. The van der Waals surface area contributed by atoms with Crippen LogP contribution in [0.25, 0.3) is 0 Å². The van der Waals surface area contributed by atoms with Crippen molar-refractivity contribution in [1.29, 1.82) is 0 Å². The van der Waals surface area contributed by atoms with Gasteiger partial charge < -0.3 is 33.8 Å². The van der Waals surface area contributed by atoms with E-state index in [0.717, 1.165) is 128 Å². The number of allylic oxidation sites excluding steroid dienone is 6. The van der Waals surface area contributed by atoms with Crippen molar-refractivity contribution >= 4 is 39.5 Å². The second-order valence-electron chi connectivity index (χ2n) is 28.1. The minimum Gasteiger partial charge on any atom is -0.462 e. The van der Waals surface area contributed by atoms with Crippen LogP contribution in [-0.2, 0) is 65.4 Å². The van der Waals surface area contributed by atoms with Gasteiger partial charge in [0.25, 0.3) is 0 Å². The molecule has 0 aromatic carbocycles. The van der Waals surface area contributed by atoms with Gasteiger partial charge in [0.05, 0.1) is 26.4 Å². The van der Waals surface area contributed by atoms with Crippen LogP contribution in [0.5, 0.6) is 0 Å². The third-order valence-electron chi connectivity index (χ3n) is 18.1. The maximum atomic E-state index is 13.1. The molecular formula is C81H152O17P2. The van der Waals surface area contributed by atoms with Crippen molar-refractivity contribution in [2.24, 2.45) is 0 Å². The number of aliphatic hydroxyl groups is 1. The molecule has 0 spiro atoms. The molecule has 0 saturated heterocycles. The first kappa shape index (κ1) is 97.3. The molecule has 0 fully saturated rings. The standard InChI is InChI=1S/C81H152O17P2/c1-5-9-13-17-21-25-29-33-36-37-40-43-46-50-54-58-62-66-79(84)92-72-77(98-81(86)68-64-60-56-52-48-44-39-35-31-27-23-19-15-11-7-3)74-96-100(89,90)94-70-75(82)69-93-99(87,88)95-73-76(97-80(85)67-63-59-55-51-47-41-32-28-24-20-16-12-8-4)71-91-78(83)65-61-57-53-49-45-42-38-34-30-26-22-18-14-10-6-2/h22,26,34-35,38-39,75-77,82H,5-21,23-25,27-33,36-37,40-74H2,1-4H3,(H,87,88)(H,89,90)/b26-22-,38-34-,39-35-/t75-,76+,77+/m0/s1. The highest BCUT2D eigenvalue weighted by Crippen LogP contribution is 2.45. The SMILES string of the molecule is CCCCC/C=C\C/C=C\CCCCCCCC(=O)OC[C@H](COP(=O)(O)OC[C@H](O)COP(=O)(O)OC[C@@H](COC(=O)CCCCCCCCCCCCCCCCCCC)OC(=O)CCCCCCC/C=C\CCCCCCCC)OC(=O)CCCCCCCCCCCCCCC. The Morgan fingerprint density at radius 3 is 0.770 bits per heavy atom. The molecule has 100 heavy (non-hydrogen) atoms. The molecule has 2 unspecified atom stereocenters. The maximum Gasteiger partial charge on any atom is 0.472 e. The largest absolute Gasteiger partial charge is 0.472 e. The summed E-state index contributed by atoms with van der Waals surface area (Å²) in [7, 11) is -9.94. The summed E-state index contributed by atoms with van der Waals surface area (Å²) in [5, 5.41) is 10.6. The third kappa shape index (κ3) is 73.6. The molecule has 0 aliphatic heterocycles. The Kier molecular flexibility index (Phi) is 72.5. The van der Waals surface area contributed by atoms with Gasteiger partial charge in [-0.3, -0.25) is 37.3 Å². The number of carbonyl (C=O) groups excluding carboxylic acids is 4. The number of aliphatic hydroxyl groups excluding tert-OH is 1. The summed E-state index contributed by atoms with van der Waals surface area (Å²) >= 11 is 0. The van der Waals surface area contributed by atoms with Crippen LogP contribution in [0.1, 0.15) is 400 Å². The zero-order valence-corrected chi connectivity index (χ0v) is 66.2. The molecule has 3 N–H and O–H groups in total. The second kappa shape index (κ2) is 74.5. The van der Waals surface area contributed by atoms with Gasteiger partial charge in [-0.2, -0.15) is 0 Å². The monoisotopic (exact) mass is 1460 g/mol. The third-order valence-corrected chi connectivity index (χ3v) is 20.0. The van der Waals surface area contributed by atoms with Crippen LogP contribution in [0.4, 0.5) is 0 Å². The Bertz CT molecular complexity index is 2040. The van der Waals surface area contributed by atoms with E-state index < -0.39 is 97.5 Å². The number of hydrogen-bond acceptors (Lipinski definition) is 15. The Morgan fingerprint density at radius 2 is 0.490 bits per heavy atom. The number of carbonyl (C=O) groups is 4. The van der Waals surface area contributed by atoms with Gasteiger partial charge >= 0.3 is 39.5 Å². The van der Waals surface area contributed by atoms with E-state index in [1.165, 1.54) is 193 Å². The lowest BCUT2D eigenvalue weighted by atomic mass is 10.0. The van der Waals surface area contributed by atoms with E-state index in [-0.39, 0.29) is 25.7 Å². The fourth-order valence-corrected chi connectivity index (χ4v) is 13.4. The number of esters is 4. The van der Waals surface area contributed by atoms with E-state index in [4.69, 9.17) is 37.0 Å². The summed E-state index contributed by atoms with van der Waals surface area (Å²) in [4.78, 5) is 73.0. The first-order valence-corrected chi connectivity index (χ1v) is 44.2. The lowest BCUT2D eigenvalue weighted by molar-refractivity contribution is -0.161. The normalized spacial score (nSPS) is 14.0. The van der Waals surface area contributed by atoms with Gasteiger partial charge in [-0.05, 0) is 83.5 Å². The van der Waals surface area contributed by atoms with E-state index in [2.05, 4.69) is 64.2 Å². The Hall–Kier alpha value is -2.72. The van der Waals surface area contributed by atoms with Crippen LogP contribution < -0.4 is 0 Å². The van der Waals surface area contributed by atoms with Crippen molar-refractivity contribution in [3.63, 3.8) is 0 Å². The molecular weight excluding hydrogens is 1310 g/mol. The van der Waals surface area contributed by atoms with Gasteiger partial charge in [0.1, 0.15) is 19.3 Å². The van der Waals surface area contributed by atoms with Crippen molar-refractivity contribution in [1.82, 2.24) is 0 Å². The van der Waals surface area contributed by atoms with Gasteiger partial charge in [0, 0.05) is 25.7 Å². The molecule has 5 atom stereocenters. The van der Waals surface area contributed by atoms with Gasteiger partial charge in [-0.1, -0.05) is 327 Å². The quantitative estimate of drug-likeness (QED) is 0.0169. The number of rotatable bonds is 79. The number of unbranched alkanes of at least 4 members (excludes halogenated alkanes) is 47. The van der Waals surface area contributed by atoms with Crippen LogP contribution in [0.15, 0.2) is 36.5 Å². The van der Waals surface area contributed by atoms with Crippen LogP contribution in [0.2, 0.25) is 0 Å².